The second-order valence-corrected chi connectivity index (χ2v) is 9.17. The Morgan fingerprint density at radius 2 is 2.00 bits per heavy atom. The maximum atomic E-state index is 13.1. The molecule has 0 radical (unpaired) electrons. The van der Waals surface area contributed by atoms with E-state index in [9.17, 15) is 4.79 Å². The second-order valence-electron chi connectivity index (χ2n) is 9.17. The molecule has 0 bridgehead atoms. The molecule has 0 spiro atoms. The minimum absolute atomic E-state index is 0.103. The Labute approximate surface area is 192 Å². The van der Waals surface area contributed by atoms with Crippen molar-refractivity contribution >= 4 is 16.9 Å². The number of nitrogens with one attached hydrogen (secondary N) is 1. The van der Waals surface area contributed by atoms with Crippen LogP contribution in [0, 0.1) is 6.92 Å². The molecule has 1 saturated carbocycles. The van der Waals surface area contributed by atoms with Crippen molar-refractivity contribution in [3.05, 3.63) is 66.1 Å². The summed E-state index contributed by atoms with van der Waals surface area (Å²) in [5.74, 6) is -0.321. The van der Waals surface area contributed by atoms with Crippen molar-refractivity contribution in [3.63, 3.8) is 0 Å². The largest absolute Gasteiger partial charge is 0.459 e. The van der Waals surface area contributed by atoms with Crippen molar-refractivity contribution in [3.8, 4) is 22.5 Å². The average molecular weight is 442 g/mol. The van der Waals surface area contributed by atoms with E-state index in [4.69, 9.17) is 10.5 Å². The molecule has 168 valence electrons. The van der Waals surface area contributed by atoms with Gasteiger partial charge in [0.2, 0.25) is 0 Å². The Hall–Kier alpha value is -3.58. The number of fused-ring (bicyclic) bond motifs is 1. The van der Waals surface area contributed by atoms with Crippen LogP contribution in [0.4, 0.5) is 0 Å². The van der Waals surface area contributed by atoms with Gasteiger partial charge in [0, 0.05) is 28.4 Å². The van der Waals surface area contributed by atoms with Crippen LogP contribution in [-0.4, -0.2) is 37.8 Å². The number of nitrogens with two attached hydrogens (primary N) is 1. The third-order valence-electron chi connectivity index (χ3n) is 6.40. The van der Waals surface area contributed by atoms with E-state index in [1.807, 2.05) is 43.3 Å². The summed E-state index contributed by atoms with van der Waals surface area (Å²) in [5.41, 5.74) is 11.7. The number of rotatable bonds is 4. The molecule has 3 heterocycles. The van der Waals surface area contributed by atoms with Gasteiger partial charge in [-0.25, -0.2) is 4.79 Å². The molecule has 4 aromatic rings. The summed E-state index contributed by atoms with van der Waals surface area (Å²) in [4.78, 5) is 22.2. The van der Waals surface area contributed by atoms with Crippen LogP contribution in [0.5, 0.6) is 0 Å². The number of H-pyrrole nitrogens is 1. The number of aromatic amines is 1. The van der Waals surface area contributed by atoms with Gasteiger partial charge in [0.15, 0.2) is 0 Å². The highest BCUT2D eigenvalue weighted by Gasteiger charge is 2.30. The SMILES string of the molecule is Cc1cccc(-c2[nH]ncc2-c2ccc3nccc(C(=O)O[C@H]4CC[C@@](C)(N)CC4)c3c2)n1. The number of pyridine rings is 2. The predicted molar refractivity (Wildman–Crippen MR) is 128 cm³/mol. The minimum Gasteiger partial charge on any atom is -0.459 e. The molecule has 1 aliphatic rings. The number of ether oxygens (including phenoxy) is 1. The highest BCUT2D eigenvalue weighted by molar-refractivity contribution is 6.04. The fraction of sp³-hybridized carbons (Fsp3) is 0.308. The average Bonchev–Trinajstić information content (AvgIpc) is 3.30. The van der Waals surface area contributed by atoms with Crippen molar-refractivity contribution in [2.45, 2.75) is 51.2 Å². The molecule has 0 aliphatic heterocycles. The van der Waals surface area contributed by atoms with Crippen LogP contribution < -0.4 is 5.73 Å². The molecule has 0 unspecified atom stereocenters. The zero-order chi connectivity index (χ0) is 23.0. The number of nitrogens with zero attached hydrogens (tertiary/aromatic N) is 3. The van der Waals surface area contributed by atoms with Gasteiger partial charge in [-0.1, -0.05) is 12.1 Å². The van der Waals surface area contributed by atoms with E-state index in [1.165, 1.54) is 0 Å². The Balaban J connectivity index is 1.48. The van der Waals surface area contributed by atoms with Gasteiger partial charge in [0.1, 0.15) is 6.10 Å². The van der Waals surface area contributed by atoms with Gasteiger partial charge < -0.3 is 10.5 Å². The van der Waals surface area contributed by atoms with Gasteiger partial charge in [-0.3, -0.25) is 15.1 Å². The number of carbonyl (C=O) groups is 1. The smallest absolute Gasteiger partial charge is 0.339 e. The minimum atomic E-state index is -0.321. The summed E-state index contributed by atoms with van der Waals surface area (Å²) in [5, 5.41) is 8.07. The lowest BCUT2D eigenvalue weighted by Gasteiger charge is -2.33. The Bertz CT molecular complexity index is 1320. The third-order valence-corrected chi connectivity index (χ3v) is 6.40. The predicted octanol–water partition coefficient (Wildman–Crippen LogP) is 4.81. The molecular weight excluding hydrogens is 414 g/mol. The second kappa shape index (κ2) is 8.41. The molecule has 1 aliphatic carbocycles. The highest BCUT2D eigenvalue weighted by atomic mass is 16.5. The van der Waals surface area contributed by atoms with Crippen LogP contribution in [0.15, 0.2) is 54.9 Å². The van der Waals surface area contributed by atoms with Gasteiger partial charge in [0.25, 0.3) is 0 Å². The lowest BCUT2D eigenvalue weighted by atomic mass is 9.83. The molecule has 7 heteroatoms. The van der Waals surface area contributed by atoms with E-state index >= 15 is 0 Å². The maximum Gasteiger partial charge on any atom is 0.339 e. The topological polar surface area (TPSA) is 107 Å². The molecule has 0 saturated heterocycles. The molecule has 3 aromatic heterocycles. The van der Waals surface area contributed by atoms with E-state index in [-0.39, 0.29) is 17.6 Å². The maximum absolute atomic E-state index is 13.1. The molecule has 5 rings (SSSR count). The standard InChI is InChI=1S/C26H27N5O2/c1-16-4-3-5-23(30-16)24-21(15-29-31-24)17-6-7-22-20(14-17)19(10-13-28-22)25(32)33-18-8-11-26(2,27)12-9-18/h3-7,10,13-15,18H,8-9,11-12,27H2,1-2H3,(H,29,31)/t18-,26+. The molecule has 1 aromatic carbocycles. The van der Waals surface area contributed by atoms with Gasteiger partial charge in [-0.2, -0.15) is 5.10 Å². The first-order chi connectivity index (χ1) is 15.9. The van der Waals surface area contributed by atoms with Crippen molar-refractivity contribution < 1.29 is 9.53 Å². The third kappa shape index (κ3) is 4.36. The normalized spacial score (nSPS) is 20.6. The van der Waals surface area contributed by atoms with Gasteiger partial charge in [-0.05, 0) is 75.4 Å². The van der Waals surface area contributed by atoms with Crippen LogP contribution in [0.2, 0.25) is 0 Å². The quantitative estimate of drug-likeness (QED) is 0.440. The van der Waals surface area contributed by atoms with Gasteiger partial charge >= 0.3 is 5.97 Å². The Morgan fingerprint density at radius 1 is 1.18 bits per heavy atom. The van der Waals surface area contributed by atoms with Crippen molar-refractivity contribution in [1.82, 2.24) is 20.2 Å². The van der Waals surface area contributed by atoms with Gasteiger partial charge in [-0.15, -0.1) is 0 Å². The first-order valence-electron chi connectivity index (χ1n) is 11.3. The Kier molecular flexibility index (Phi) is 5.42. The molecule has 1 fully saturated rings. The number of aromatic nitrogens is 4. The van der Waals surface area contributed by atoms with Crippen molar-refractivity contribution in [1.29, 1.82) is 0 Å². The molecule has 33 heavy (non-hydrogen) atoms. The van der Waals surface area contributed by atoms with E-state index < -0.39 is 0 Å². The number of hydrogen-bond donors (Lipinski definition) is 2. The van der Waals surface area contributed by atoms with E-state index in [0.717, 1.165) is 64.8 Å². The molecule has 0 amide bonds. The van der Waals surface area contributed by atoms with E-state index in [1.54, 1.807) is 18.5 Å². The lowest BCUT2D eigenvalue weighted by Crippen LogP contribution is -2.42. The number of aryl methyl sites for hydroxylation is 1. The zero-order valence-corrected chi connectivity index (χ0v) is 18.8. The number of carbonyl (C=O) groups excluding carboxylic acids is 1. The lowest BCUT2D eigenvalue weighted by molar-refractivity contribution is 0.0155. The van der Waals surface area contributed by atoms with Crippen LogP contribution in [-0.2, 0) is 4.74 Å². The number of benzene rings is 1. The summed E-state index contributed by atoms with van der Waals surface area (Å²) in [6.45, 7) is 4.01. The van der Waals surface area contributed by atoms with Crippen LogP contribution in [0.1, 0.15) is 48.7 Å². The number of hydrogen-bond acceptors (Lipinski definition) is 6. The monoisotopic (exact) mass is 441 g/mol. The highest BCUT2D eigenvalue weighted by Crippen LogP contribution is 2.33. The first-order valence-corrected chi connectivity index (χ1v) is 11.3. The van der Waals surface area contributed by atoms with Gasteiger partial charge in [0.05, 0.1) is 28.7 Å². The van der Waals surface area contributed by atoms with Crippen LogP contribution >= 0.6 is 0 Å². The summed E-state index contributed by atoms with van der Waals surface area (Å²) in [6, 6.07) is 13.5. The Morgan fingerprint density at radius 3 is 2.79 bits per heavy atom. The van der Waals surface area contributed by atoms with Crippen LogP contribution in [0.3, 0.4) is 0 Å². The summed E-state index contributed by atoms with van der Waals surface area (Å²) in [7, 11) is 0. The summed E-state index contributed by atoms with van der Waals surface area (Å²) >= 11 is 0. The molecule has 0 atom stereocenters. The van der Waals surface area contributed by atoms with E-state index in [0.29, 0.717) is 5.56 Å². The van der Waals surface area contributed by atoms with E-state index in [2.05, 4.69) is 27.1 Å². The summed E-state index contributed by atoms with van der Waals surface area (Å²) in [6.07, 6.45) is 6.60. The molecular formula is C26H27N5O2. The van der Waals surface area contributed by atoms with Crippen LogP contribution in [0.25, 0.3) is 33.4 Å². The zero-order valence-electron chi connectivity index (χ0n) is 18.8. The number of esters is 1. The fourth-order valence-corrected chi connectivity index (χ4v) is 4.46. The molecule has 3 N–H and O–H groups in total. The van der Waals surface area contributed by atoms with Crippen molar-refractivity contribution in [2.75, 3.05) is 0 Å². The first kappa shape index (κ1) is 21.3. The van der Waals surface area contributed by atoms with Crippen molar-refractivity contribution in [2.24, 2.45) is 5.73 Å². The molecule has 7 nitrogen and oxygen atoms in total. The summed E-state index contributed by atoms with van der Waals surface area (Å²) < 4.78 is 5.86. The fourth-order valence-electron chi connectivity index (χ4n) is 4.46.